The van der Waals surface area contributed by atoms with Crippen LogP contribution in [0.5, 0.6) is 0 Å². The summed E-state index contributed by atoms with van der Waals surface area (Å²) in [5.74, 6) is -0.395. The van der Waals surface area contributed by atoms with Crippen molar-refractivity contribution in [3.63, 3.8) is 0 Å². The smallest absolute Gasteiger partial charge is 0.315 e. The van der Waals surface area contributed by atoms with Gasteiger partial charge in [-0.15, -0.1) is 11.3 Å². The SMILES string of the molecule is CC(C)(C(=O)O)c1csc(C2CCOCC2)n1. The minimum atomic E-state index is -0.903. The number of thiazole rings is 1. The summed E-state index contributed by atoms with van der Waals surface area (Å²) in [6.45, 7) is 4.94. The van der Waals surface area contributed by atoms with E-state index in [4.69, 9.17) is 9.84 Å². The molecule has 2 rings (SSSR count). The number of rotatable bonds is 3. The van der Waals surface area contributed by atoms with Crippen LogP contribution in [0.3, 0.4) is 0 Å². The Morgan fingerprint density at radius 2 is 2.18 bits per heavy atom. The average Bonchev–Trinajstić information content (AvgIpc) is 2.80. The van der Waals surface area contributed by atoms with E-state index in [9.17, 15) is 4.79 Å². The van der Waals surface area contributed by atoms with Crippen molar-refractivity contribution in [1.29, 1.82) is 0 Å². The molecule has 0 aromatic carbocycles. The zero-order valence-electron chi connectivity index (χ0n) is 10.1. The van der Waals surface area contributed by atoms with E-state index in [2.05, 4.69) is 4.98 Å². The molecular formula is C12H17NO3S. The molecule has 0 amide bonds. The molecular weight excluding hydrogens is 238 g/mol. The number of hydrogen-bond acceptors (Lipinski definition) is 4. The third-order valence-corrected chi connectivity index (χ3v) is 4.27. The summed E-state index contributed by atoms with van der Waals surface area (Å²) >= 11 is 1.57. The van der Waals surface area contributed by atoms with Gasteiger partial charge in [0.1, 0.15) is 5.41 Å². The summed E-state index contributed by atoms with van der Waals surface area (Å²) in [7, 11) is 0. The number of aromatic nitrogens is 1. The zero-order valence-corrected chi connectivity index (χ0v) is 10.9. The lowest BCUT2D eigenvalue weighted by Crippen LogP contribution is -2.29. The Balaban J connectivity index is 2.17. The lowest BCUT2D eigenvalue weighted by atomic mass is 9.90. The largest absolute Gasteiger partial charge is 0.481 e. The molecule has 0 atom stereocenters. The number of carboxylic acid groups (broad SMARTS) is 1. The van der Waals surface area contributed by atoms with Crippen LogP contribution in [-0.4, -0.2) is 29.3 Å². The molecule has 1 fully saturated rings. The Morgan fingerprint density at radius 3 is 2.76 bits per heavy atom. The molecule has 1 aliphatic heterocycles. The van der Waals surface area contributed by atoms with Crippen molar-refractivity contribution in [2.75, 3.05) is 13.2 Å². The summed E-state index contributed by atoms with van der Waals surface area (Å²) < 4.78 is 5.32. The number of aliphatic carboxylic acids is 1. The molecule has 0 radical (unpaired) electrons. The molecule has 1 aromatic heterocycles. The van der Waals surface area contributed by atoms with Gasteiger partial charge in [0.25, 0.3) is 0 Å². The van der Waals surface area contributed by atoms with E-state index in [1.165, 1.54) is 0 Å². The van der Waals surface area contributed by atoms with Gasteiger partial charge in [-0.3, -0.25) is 4.79 Å². The van der Waals surface area contributed by atoms with Gasteiger partial charge in [-0.2, -0.15) is 0 Å². The number of nitrogens with zero attached hydrogens (tertiary/aromatic N) is 1. The molecule has 94 valence electrons. The normalized spacial score (nSPS) is 18.2. The third-order valence-electron chi connectivity index (χ3n) is 3.27. The van der Waals surface area contributed by atoms with Gasteiger partial charge >= 0.3 is 5.97 Å². The highest BCUT2D eigenvalue weighted by molar-refractivity contribution is 7.09. The molecule has 0 bridgehead atoms. The first-order valence-electron chi connectivity index (χ1n) is 5.79. The Kier molecular flexibility index (Phi) is 3.49. The Labute approximate surface area is 105 Å². The summed E-state index contributed by atoms with van der Waals surface area (Å²) in [5.41, 5.74) is -0.239. The Bertz CT molecular complexity index is 408. The van der Waals surface area contributed by atoms with Crippen LogP contribution in [0.4, 0.5) is 0 Å². The quantitative estimate of drug-likeness (QED) is 0.901. The molecule has 1 aromatic rings. The highest BCUT2D eigenvalue weighted by atomic mass is 32.1. The van der Waals surface area contributed by atoms with Crippen molar-refractivity contribution in [2.24, 2.45) is 0 Å². The van der Waals surface area contributed by atoms with Gasteiger partial charge in [0.2, 0.25) is 0 Å². The van der Waals surface area contributed by atoms with Crippen LogP contribution in [0.25, 0.3) is 0 Å². The lowest BCUT2D eigenvalue weighted by Gasteiger charge is -2.20. The summed E-state index contributed by atoms with van der Waals surface area (Å²) in [6, 6.07) is 0. The third kappa shape index (κ3) is 2.50. The molecule has 1 aliphatic rings. The summed E-state index contributed by atoms with van der Waals surface area (Å²) in [6.07, 6.45) is 1.97. The van der Waals surface area contributed by atoms with Crippen LogP contribution >= 0.6 is 11.3 Å². The zero-order chi connectivity index (χ0) is 12.5. The van der Waals surface area contributed by atoms with E-state index in [-0.39, 0.29) is 0 Å². The maximum Gasteiger partial charge on any atom is 0.315 e. The molecule has 4 nitrogen and oxygen atoms in total. The van der Waals surface area contributed by atoms with Crippen LogP contribution in [-0.2, 0) is 14.9 Å². The fraction of sp³-hybridized carbons (Fsp3) is 0.667. The van der Waals surface area contributed by atoms with Crippen molar-refractivity contribution < 1.29 is 14.6 Å². The molecule has 0 aliphatic carbocycles. The van der Waals surface area contributed by atoms with E-state index < -0.39 is 11.4 Å². The monoisotopic (exact) mass is 255 g/mol. The molecule has 0 spiro atoms. The molecule has 0 unspecified atom stereocenters. The van der Waals surface area contributed by atoms with Crippen molar-refractivity contribution in [1.82, 2.24) is 4.98 Å². The highest BCUT2D eigenvalue weighted by Crippen LogP contribution is 2.32. The van der Waals surface area contributed by atoms with Gasteiger partial charge in [-0.1, -0.05) is 0 Å². The van der Waals surface area contributed by atoms with Gasteiger partial charge in [0.05, 0.1) is 10.7 Å². The Hall–Kier alpha value is -0.940. The molecule has 5 heteroatoms. The van der Waals surface area contributed by atoms with Crippen LogP contribution < -0.4 is 0 Å². The topological polar surface area (TPSA) is 59.4 Å². The first kappa shape index (κ1) is 12.5. The number of carboxylic acids is 1. The predicted molar refractivity (Wildman–Crippen MR) is 65.6 cm³/mol. The molecule has 1 N–H and O–H groups in total. The second-order valence-corrected chi connectivity index (χ2v) is 5.78. The van der Waals surface area contributed by atoms with Crippen molar-refractivity contribution in [3.8, 4) is 0 Å². The van der Waals surface area contributed by atoms with Crippen molar-refractivity contribution >= 4 is 17.3 Å². The predicted octanol–water partition coefficient (Wildman–Crippen LogP) is 2.40. The average molecular weight is 255 g/mol. The molecule has 2 heterocycles. The van der Waals surface area contributed by atoms with Crippen LogP contribution in [0.1, 0.15) is 43.3 Å². The van der Waals surface area contributed by atoms with E-state index in [1.54, 1.807) is 25.2 Å². The van der Waals surface area contributed by atoms with Gasteiger partial charge in [-0.25, -0.2) is 4.98 Å². The first-order chi connectivity index (χ1) is 8.01. The van der Waals surface area contributed by atoms with Gasteiger partial charge in [0, 0.05) is 24.5 Å². The van der Waals surface area contributed by atoms with E-state index >= 15 is 0 Å². The van der Waals surface area contributed by atoms with Crippen LogP contribution in [0, 0.1) is 0 Å². The minimum Gasteiger partial charge on any atom is -0.481 e. The number of ether oxygens (including phenoxy) is 1. The number of carbonyl (C=O) groups is 1. The van der Waals surface area contributed by atoms with Gasteiger partial charge in [-0.05, 0) is 26.7 Å². The van der Waals surface area contributed by atoms with Crippen molar-refractivity contribution in [3.05, 3.63) is 16.1 Å². The maximum absolute atomic E-state index is 11.2. The van der Waals surface area contributed by atoms with Crippen molar-refractivity contribution in [2.45, 2.75) is 38.0 Å². The fourth-order valence-corrected chi connectivity index (χ4v) is 2.98. The molecule has 17 heavy (non-hydrogen) atoms. The Morgan fingerprint density at radius 1 is 1.53 bits per heavy atom. The second-order valence-electron chi connectivity index (χ2n) is 4.89. The highest BCUT2D eigenvalue weighted by Gasteiger charge is 2.33. The van der Waals surface area contributed by atoms with E-state index in [1.807, 2.05) is 5.38 Å². The number of hydrogen-bond donors (Lipinski definition) is 1. The lowest BCUT2D eigenvalue weighted by molar-refractivity contribution is -0.142. The second kappa shape index (κ2) is 4.74. The minimum absolute atomic E-state index is 0.437. The summed E-state index contributed by atoms with van der Waals surface area (Å²) in [4.78, 5) is 15.7. The molecule has 1 saturated heterocycles. The van der Waals surface area contributed by atoms with Gasteiger partial charge in [0.15, 0.2) is 0 Å². The van der Waals surface area contributed by atoms with E-state index in [0.29, 0.717) is 11.6 Å². The first-order valence-corrected chi connectivity index (χ1v) is 6.67. The molecule has 0 saturated carbocycles. The summed E-state index contributed by atoms with van der Waals surface area (Å²) in [5, 5.41) is 12.1. The standard InChI is InChI=1S/C12H17NO3S/c1-12(2,11(14)15)9-7-17-10(13-9)8-3-5-16-6-4-8/h7-8H,3-6H2,1-2H3,(H,14,15). The van der Waals surface area contributed by atoms with Crippen LogP contribution in [0.2, 0.25) is 0 Å². The van der Waals surface area contributed by atoms with E-state index in [0.717, 1.165) is 31.1 Å². The van der Waals surface area contributed by atoms with Gasteiger partial charge < -0.3 is 9.84 Å². The van der Waals surface area contributed by atoms with Crippen LogP contribution in [0.15, 0.2) is 5.38 Å². The maximum atomic E-state index is 11.2. The fourth-order valence-electron chi connectivity index (χ4n) is 1.82.